The molecular weight excluding hydrogens is 208 g/mol. The molecule has 86 valence electrons. The van der Waals surface area contributed by atoms with E-state index in [-0.39, 0.29) is 0 Å². The third kappa shape index (κ3) is 4.62. The molecule has 0 saturated heterocycles. The molecule has 1 aromatic heterocycles. The van der Waals surface area contributed by atoms with Crippen LogP contribution in [-0.4, -0.2) is 26.8 Å². The Morgan fingerprint density at radius 1 is 1.47 bits per heavy atom. The molecule has 1 aromatic rings. The Hall–Kier alpha value is -0.610. The predicted molar refractivity (Wildman–Crippen MR) is 65.4 cm³/mol. The maximum Gasteiger partial charge on any atom is 0.0360 e. The van der Waals surface area contributed by atoms with Gasteiger partial charge in [-0.15, -0.1) is 0 Å². The van der Waals surface area contributed by atoms with E-state index in [0.29, 0.717) is 0 Å². The zero-order valence-corrected chi connectivity index (χ0v) is 10.3. The smallest absolute Gasteiger partial charge is 0.0360 e. The average molecular weight is 228 g/mol. The summed E-state index contributed by atoms with van der Waals surface area (Å²) in [7, 11) is -0.649. The van der Waals surface area contributed by atoms with Crippen LogP contribution in [0.4, 0.5) is 0 Å². The van der Waals surface area contributed by atoms with Crippen LogP contribution >= 0.6 is 0 Å². The third-order valence-corrected chi connectivity index (χ3v) is 3.64. The van der Waals surface area contributed by atoms with E-state index < -0.39 is 10.8 Å². The minimum atomic E-state index is -0.649. The van der Waals surface area contributed by atoms with E-state index in [9.17, 15) is 4.21 Å². The van der Waals surface area contributed by atoms with Gasteiger partial charge in [0.05, 0.1) is 0 Å². The summed E-state index contributed by atoms with van der Waals surface area (Å²) in [6.07, 6.45) is 4.23. The van der Waals surface area contributed by atoms with Crippen LogP contribution in [0, 0.1) is 0 Å². The molecule has 4 heteroatoms. The Balaban J connectivity index is 2.17. The monoisotopic (exact) mass is 228 g/mol. The fourth-order valence-electron chi connectivity index (χ4n) is 1.35. The van der Waals surface area contributed by atoms with Gasteiger partial charge in [0.1, 0.15) is 0 Å². The SMILES string of the molecule is CCn1ccc(CNCCS(=O)CC)c1. The molecule has 0 radical (unpaired) electrons. The van der Waals surface area contributed by atoms with Gasteiger partial charge in [-0.05, 0) is 18.6 Å². The van der Waals surface area contributed by atoms with Gasteiger partial charge in [0.15, 0.2) is 0 Å². The normalized spacial score (nSPS) is 12.9. The van der Waals surface area contributed by atoms with Gasteiger partial charge in [0.2, 0.25) is 0 Å². The van der Waals surface area contributed by atoms with Crippen molar-refractivity contribution < 1.29 is 4.21 Å². The van der Waals surface area contributed by atoms with Gasteiger partial charge < -0.3 is 9.88 Å². The molecule has 1 atom stereocenters. The number of aryl methyl sites for hydroxylation is 1. The van der Waals surface area contributed by atoms with Crippen molar-refractivity contribution in [1.82, 2.24) is 9.88 Å². The summed E-state index contributed by atoms with van der Waals surface area (Å²) in [5.74, 6) is 1.51. The first-order valence-corrected chi connectivity index (χ1v) is 6.95. The van der Waals surface area contributed by atoms with E-state index in [4.69, 9.17) is 0 Å². The first-order chi connectivity index (χ1) is 7.26. The molecule has 1 rings (SSSR count). The van der Waals surface area contributed by atoms with Gasteiger partial charge in [-0.2, -0.15) is 0 Å². The number of hydrogen-bond donors (Lipinski definition) is 1. The van der Waals surface area contributed by atoms with Crippen molar-refractivity contribution >= 4 is 10.8 Å². The summed E-state index contributed by atoms with van der Waals surface area (Å²) >= 11 is 0. The van der Waals surface area contributed by atoms with Crippen molar-refractivity contribution in [2.75, 3.05) is 18.1 Å². The Morgan fingerprint density at radius 3 is 2.87 bits per heavy atom. The highest BCUT2D eigenvalue weighted by molar-refractivity contribution is 7.84. The number of rotatable bonds is 7. The van der Waals surface area contributed by atoms with E-state index in [2.05, 4.69) is 35.3 Å². The van der Waals surface area contributed by atoms with Crippen molar-refractivity contribution in [2.24, 2.45) is 0 Å². The van der Waals surface area contributed by atoms with Crippen molar-refractivity contribution in [3.63, 3.8) is 0 Å². The Morgan fingerprint density at radius 2 is 2.27 bits per heavy atom. The molecule has 0 aliphatic carbocycles. The molecule has 1 heterocycles. The number of nitrogens with zero attached hydrogens (tertiary/aromatic N) is 1. The van der Waals surface area contributed by atoms with Crippen LogP contribution in [-0.2, 0) is 23.9 Å². The molecule has 15 heavy (non-hydrogen) atoms. The van der Waals surface area contributed by atoms with Crippen molar-refractivity contribution in [1.29, 1.82) is 0 Å². The molecule has 0 bridgehead atoms. The second-order valence-electron chi connectivity index (χ2n) is 3.46. The van der Waals surface area contributed by atoms with E-state index >= 15 is 0 Å². The maximum absolute atomic E-state index is 11.1. The van der Waals surface area contributed by atoms with Crippen LogP contribution in [0.25, 0.3) is 0 Å². The largest absolute Gasteiger partial charge is 0.354 e. The van der Waals surface area contributed by atoms with Crippen molar-refractivity contribution in [2.45, 2.75) is 26.9 Å². The summed E-state index contributed by atoms with van der Waals surface area (Å²) in [5, 5.41) is 3.30. The quantitative estimate of drug-likeness (QED) is 0.715. The van der Waals surface area contributed by atoms with Crippen LogP contribution < -0.4 is 5.32 Å². The fourth-order valence-corrected chi connectivity index (χ4v) is 2.02. The van der Waals surface area contributed by atoms with Gasteiger partial charge in [-0.25, -0.2) is 0 Å². The number of hydrogen-bond acceptors (Lipinski definition) is 2. The molecule has 0 fully saturated rings. The van der Waals surface area contributed by atoms with Crippen LogP contribution in [0.3, 0.4) is 0 Å². The lowest BCUT2D eigenvalue weighted by Gasteiger charge is -2.02. The Bertz CT molecular complexity index is 309. The second kappa shape index (κ2) is 6.80. The van der Waals surface area contributed by atoms with Gasteiger partial charge in [0, 0.05) is 54.3 Å². The minimum absolute atomic E-state index is 0.649. The van der Waals surface area contributed by atoms with E-state index in [1.54, 1.807) is 0 Å². The maximum atomic E-state index is 11.1. The molecular formula is C11H20N2OS. The highest BCUT2D eigenvalue weighted by Crippen LogP contribution is 2.00. The lowest BCUT2D eigenvalue weighted by Crippen LogP contribution is -2.20. The lowest BCUT2D eigenvalue weighted by atomic mass is 10.3. The van der Waals surface area contributed by atoms with Crippen LogP contribution in [0.1, 0.15) is 19.4 Å². The third-order valence-electron chi connectivity index (χ3n) is 2.33. The molecule has 0 saturated carbocycles. The molecule has 0 spiro atoms. The second-order valence-corrected chi connectivity index (χ2v) is 5.32. The van der Waals surface area contributed by atoms with Gasteiger partial charge in [0.25, 0.3) is 0 Å². The van der Waals surface area contributed by atoms with Crippen LogP contribution in [0.2, 0.25) is 0 Å². The highest BCUT2D eigenvalue weighted by atomic mass is 32.2. The summed E-state index contributed by atoms with van der Waals surface area (Å²) in [4.78, 5) is 0. The Labute approximate surface area is 94.3 Å². The summed E-state index contributed by atoms with van der Waals surface area (Å²) in [6, 6.07) is 2.12. The standard InChI is InChI=1S/C11H20N2OS/c1-3-13-7-5-11(10-13)9-12-6-8-15(14)4-2/h5,7,10,12H,3-4,6,8-9H2,1-2H3. The zero-order valence-electron chi connectivity index (χ0n) is 9.53. The minimum Gasteiger partial charge on any atom is -0.354 e. The van der Waals surface area contributed by atoms with E-state index in [1.165, 1.54) is 5.56 Å². The van der Waals surface area contributed by atoms with Gasteiger partial charge in [-0.1, -0.05) is 6.92 Å². The van der Waals surface area contributed by atoms with Crippen molar-refractivity contribution in [3.05, 3.63) is 24.0 Å². The summed E-state index contributed by atoms with van der Waals surface area (Å²) in [6.45, 7) is 6.80. The van der Waals surface area contributed by atoms with Gasteiger partial charge in [-0.3, -0.25) is 4.21 Å². The first kappa shape index (κ1) is 12.5. The Kier molecular flexibility index (Phi) is 5.65. The number of aromatic nitrogens is 1. The number of nitrogens with one attached hydrogen (secondary N) is 1. The summed E-state index contributed by atoms with van der Waals surface area (Å²) in [5.41, 5.74) is 1.29. The molecule has 1 unspecified atom stereocenters. The molecule has 0 aliphatic heterocycles. The lowest BCUT2D eigenvalue weighted by molar-refractivity contribution is 0.673. The zero-order chi connectivity index (χ0) is 11.1. The fraction of sp³-hybridized carbons (Fsp3) is 0.636. The molecule has 0 aromatic carbocycles. The predicted octanol–water partition coefficient (Wildman–Crippen LogP) is 1.37. The topological polar surface area (TPSA) is 34.0 Å². The van der Waals surface area contributed by atoms with E-state index in [0.717, 1.165) is 31.1 Å². The molecule has 3 nitrogen and oxygen atoms in total. The molecule has 0 aliphatic rings. The van der Waals surface area contributed by atoms with Crippen LogP contribution in [0.15, 0.2) is 18.5 Å². The molecule has 0 amide bonds. The van der Waals surface area contributed by atoms with E-state index in [1.807, 2.05) is 6.92 Å². The first-order valence-electron chi connectivity index (χ1n) is 5.46. The van der Waals surface area contributed by atoms with Crippen molar-refractivity contribution in [3.8, 4) is 0 Å². The van der Waals surface area contributed by atoms with Crippen LogP contribution in [0.5, 0.6) is 0 Å². The highest BCUT2D eigenvalue weighted by Gasteiger charge is 1.97. The average Bonchev–Trinajstić information content (AvgIpc) is 2.72. The molecule has 1 N–H and O–H groups in total. The summed E-state index contributed by atoms with van der Waals surface area (Å²) < 4.78 is 13.3. The van der Waals surface area contributed by atoms with Gasteiger partial charge >= 0.3 is 0 Å².